The van der Waals surface area contributed by atoms with Crippen LogP contribution in [0.3, 0.4) is 0 Å². The van der Waals surface area contributed by atoms with E-state index in [-0.39, 0.29) is 5.82 Å². The molecule has 0 spiro atoms. The van der Waals surface area contributed by atoms with Gasteiger partial charge in [0, 0.05) is 5.39 Å². The van der Waals surface area contributed by atoms with E-state index in [1.807, 2.05) is 0 Å². The van der Waals surface area contributed by atoms with Crippen molar-refractivity contribution in [2.24, 2.45) is 0 Å². The lowest BCUT2D eigenvalue weighted by Crippen LogP contribution is -1.97. The summed E-state index contributed by atoms with van der Waals surface area (Å²) in [5.41, 5.74) is 7.79. The lowest BCUT2D eigenvalue weighted by atomic mass is 10.1. The Labute approximate surface area is 108 Å². The van der Waals surface area contributed by atoms with E-state index in [0.29, 0.717) is 17.1 Å². The molecule has 0 saturated heterocycles. The van der Waals surface area contributed by atoms with E-state index in [2.05, 4.69) is 11.2 Å². The monoisotopic (exact) mass is 252 g/mol. The molecule has 2 N–H and O–H groups in total. The molecule has 0 amide bonds. The molecule has 0 radical (unpaired) electrons. The van der Waals surface area contributed by atoms with Crippen molar-refractivity contribution in [3.8, 4) is 11.8 Å². The number of nitrogen functional groups attached to an aromatic ring is 1. The van der Waals surface area contributed by atoms with Gasteiger partial charge in [0.15, 0.2) is 5.82 Å². The highest BCUT2D eigenvalue weighted by atomic mass is 19.1. The zero-order valence-corrected chi connectivity index (χ0v) is 9.84. The van der Waals surface area contributed by atoms with Crippen LogP contribution in [0, 0.1) is 17.1 Å². The Hall–Kier alpha value is -2.87. The van der Waals surface area contributed by atoms with Gasteiger partial charge in [-0.05, 0) is 42.5 Å². The second kappa shape index (κ2) is 4.10. The van der Waals surface area contributed by atoms with Gasteiger partial charge in [-0.3, -0.25) is 0 Å². The minimum absolute atomic E-state index is 0.314. The van der Waals surface area contributed by atoms with Gasteiger partial charge in [-0.1, -0.05) is 0 Å². The van der Waals surface area contributed by atoms with Gasteiger partial charge in [0.25, 0.3) is 0 Å². The number of hydrogen-bond acceptors (Lipinski definition) is 3. The van der Waals surface area contributed by atoms with Crippen LogP contribution in [0.5, 0.6) is 0 Å². The second-order valence-electron chi connectivity index (χ2n) is 4.12. The quantitative estimate of drug-likeness (QED) is 0.723. The first-order valence-corrected chi connectivity index (χ1v) is 5.63. The number of fused-ring (bicyclic) bond motifs is 1. The first-order chi connectivity index (χ1) is 9.19. The number of nitriles is 1. The lowest BCUT2D eigenvalue weighted by molar-refractivity contribution is 0.627. The third-order valence-corrected chi connectivity index (χ3v) is 2.91. The van der Waals surface area contributed by atoms with Gasteiger partial charge in [0.2, 0.25) is 0 Å². The number of nitrogens with zero attached hydrogens (tertiary/aromatic N) is 3. The van der Waals surface area contributed by atoms with Crippen molar-refractivity contribution >= 4 is 16.7 Å². The SMILES string of the molecule is N#Cc1ccc2c(N)nn(-c3ccc(F)cc3)c2c1. The second-order valence-corrected chi connectivity index (χ2v) is 4.12. The molecule has 19 heavy (non-hydrogen) atoms. The molecular weight excluding hydrogens is 243 g/mol. The highest BCUT2D eigenvalue weighted by molar-refractivity contribution is 5.91. The molecule has 1 aromatic heterocycles. The first-order valence-electron chi connectivity index (χ1n) is 5.63. The van der Waals surface area contributed by atoms with Crippen LogP contribution < -0.4 is 5.73 Å². The summed E-state index contributed by atoms with van der Waals surface area (Å²) in [6, 6.07) is 13.2. The van der Waals surface area contributed by atoms with Gasteiger partial charge in [-0.25, -0.2) is 9.07 Å². The molecule has 0 atom stereocenters. The standard InChI is InChI=1S/C14H9FN4/c15-10-2-4-11(5-3-10)19-13-7-9(8-16)1-6-12(13)14(17)18-19/h1-7H,(H2,17,18). The maximum Gasteiger partial charge on any atom is 0.153 e. The van der Waals surface area contributed by atoms with Crippen LogP contribution in [0.4, 0.5) is 10.2 Å². The number of halogens is 1. The molecule has 0 aliphatic carbocycles. The van der Waals surface area contributed by atoms with Gasteiger partial charge in [-0.15, -0.1) is 5.10 Å². The number of rotatable bonds is 1. The molecule has 92 valence electrons. The summed E-state index contributed by atoms with van der Waals surface area (Å²) >= 11 is 0. The summed E-state index contributed by atoms with van der Waals surface area (Å²) in [7, 11) is 0. The van der Waals surface area contributed by atoms with Crippen molar-refractivity contribution in [2.75, 3.05) is 5.73 Å². The normalized spacial score (nSPS) is 10.5. The summed E-state index contributed by atoms with van der Waals surface area (Å²) in [5.74, 6) is 0.0645. The number of aromatic nitrogens is 2. The molecule has 0 fully saturated rings. The molecule has 5 heteroatoms. The van der Waals surface area contributed by atoms with E-state index < -0.39 is 0 Å². The minimum Gasteiger partial charge on any atom is -0.382 e. The van der Waals surface area contributed by atoms with Gasteiger partial charge in [0.05, 0.1) is 22.8 Å². The topological polar surface area (TPSA) is 67.6 Å². The summed E-state index contributed by atoms with van der Waals surface area (Å²) in [6.07, 6.45) is 0. The Morgan fingerprint density at radius 3 is 2.58 bits per heavy atom. The fourth-order valence-electron chi connectivity index (χ4n) is 1.99. The van der Waals surface area contributed by atoms with Crippen molar-refractivity contribution in [2.45, 2.75) is 0 Å². The molecule has 0 aliphatic heterocycles. The van der Waals surface area contributed by atoms with E-state index in [9.17, 15) is 4.39 Å². The molecule has 1 heterocycles. The first kappa shape index (κ1) is 11.2. The van der Waals surface area contributed by atoms with E-state index in [1.54, 1.807) is 35.0 Å². The van der Waals surface area contributed by atoms with E-state index >= 15 is 0 Å². The van der Waals surface area contributed by atoms with E-state index in [0.717, 1.165) is 10.9 Å². The maximum absolute atomic E-state index is 12.9. The van der Waals surface area contributed by atoms with Crippen molar-refractivity contribution in [1.29, 1.82) is 5.26 Å². The minimum atomic E-state index is -0.314. The average Bonchev–Trinajstić information content (AvgIpc) is 2.76. The summed E-state index contributed by atoms with van der Waals surface area (Å²) in [5, 5.41) is 13.9. The Morgan fingerprint density at radius 1 is 1.16 bits per heavy atom. The van der Waals surface area contributed by atoms with Gasteiger partial charge in [0.1, 0.15) is 5.82 Å². The van der Waals surface area contributed by atoms with Crippen molar-refractivity contribution in [3.63, 3.8) is 0 Å². The number of hydrogen-bond donors (Lipinski definition) is 1. The van der Waals surface area contributed by atoms with Crippen LogP contribution >= 0.6 is 0 Å². The molecule has 3 rings (SSSR count). The van der Waals surface area contributed by atoms with Crippen LogP contribution in [0.2, 0.25) is 0 Å². The van der Waals surface area contributed by atoms with Crippen LogP contribution in [-0.2, 0) is 0 Å². The highest BCUT2D eigenvalue weighted by Crippen LogP contribution is 2.24. The Morgan fingerprint density at radius 2 is 1.89 bits per heavy atom. The molecule has 0 saturated carbocycles. The van der Waals surface area contributed by atoms with Crippen LogP contribution in [0.1, 0.15) is 5.56 Å². The fourth-order valence-corrected chi connectivity index (χ4v) is 1.99. The summed E-state index contributed by atoms with van der Waals surface area (Å²) in [4.78, 5) is 0. The zero-order valence-electron chi connectivity index (χ0n) is 9.84. The maximum atomic E-state index is 12.9. The van der Waals surface area contributed by atoms with Crippen LogP contribution in [0.25, 0.3) is 16.6 Å². The average molecular weight is 252 g/mol. The van der Waals surface area contributed by atoms with Gasteiger partial charge < -0.3 is 5.73 Å². The third-order valence-electron chi connectivity index (χ3n) is 2.91. The molecule has 4 nitrogen and oxygen atoms in total. The highest BCUT2D eigenvalue weighted by Gasteiger charge is 2.10. The predicted molar refractivity (Wildman–Crippen MR) is 70.2 cm³/mol. The molecule has 0 unspecified atom stereocenters. The molecule has 2 aromatic carbocycles. The Kier molecular flexibility index (Phi) is 2.43. The predicted octanol–water partition coefficient (Wildman–Crippen LogP) is 2.62. The summed E-state index contributed by atoms with van der Waals surface area (Å²) < 4.78 is 14.5. The Balaban J connectivity index is 2.29. The number of anilines is 1. The molecule has 3 aromatic rings. The molecule has 0 aliphatic rings. The fraction of sp³-hybridized carbons (Fsp3) is 0. The number of benzene rings is 2. The van der Waals surface area contributed by atoms with E-state index in [1.165, 1.54) is 12.1 Å². The van der Waals surface area contributed by atoms with Gasteiger partial charge in [-0.2, -0.15) is 5.26 Å². The van der Waals surface area contributed by atoms with Crippen LogP contribution in [-0.4, -0.2) is 9.78 Å². The number of nitrogens with two attached hydrogens (primary N) is 1. The smallest absolute Gasteiger partial charge is 0.153 e. The molecule has 0 bridgehead atoms. The Bertz CT molecular complexity index is 797. The largest absolute Gasteiger partial charge is 0.382 e. The molecular formula is C14H9FN4. The van der Waals surface area contributed by atoms with Gasteiger partial charge >= 0.3 is 0 Å². The zero-order chi connectivity index (χ0) is 13.4. The van der Waals surface area contributed by atoms with Crippen molar-refractivity contribution in [3.05, 3.63) is 53.8 Å². The lowest BCUT2D eigenvalue weighted by Gasteiger charge is -2.03. The van der Waals surface area contributed by atoms with Crippen LogP contribution in [0.15, 0.2) is 42.5 Å². The van der Waals surface area contributed by atoms with Crippen molar-refractivity contribution in [1.82, 2.24) is 9.78 Å². The summed E-state index contributed by atoms with van der Waals surface area (Å²) in [6.45, 7) is 0. The third kappa shape index (κ3) is 1.79. The van der Waals surface area contributed by atoms with E-state index in [4.69, 9.17) is 11.0 Å². The van der Waals surface area contributed by atoms with Crippen molar-refractivity contribution < 1.29 is 4.39 Å².